The van der Waals surface area contributed by atoms with E-state index in [1.165, 1.54) is 11.5 Å². The Morgan fingerprint density at radius 1 is 1.60 bits per heavy atom. The average Bonchev–Trinajstić information content (AvgIpc) is 1.83. The van der Waals surface area contributed by atoms with Crippen molar-refractivity contribution in [2.24, 2.45) is 5.73 Å². The first-order chi connectivity index (χ1) is 4.88. The second kappa shape index (κ2) is 4.21. The highest BCUT2D eigenvalue weighted by Gasteiger charge is 2.23. The first-order valence-electron chi connectivity index (χ1n) is 3.90. The summed E-state index contributed by atoms with van der Waals surface area (Å²) in [6.45, 7) is 5.23. The molecule has 0 aromatic heterocycles. The molecule has 1 heterocycles. The van der Waals surface area contributed by atoms with E-state index in [0.29, 0.717) is 0 Å². The lowest BCUT2D eigenvalue weighted by molar-refractivity contribution is 0.239. The van der Waals surface area contributed by atoms with Gasteiger partial charge >= 0.3 is 0 Å². The molecule has 1 rings (SSSR count). The Hall–Kier alpha value is 0.270. The van der Waals surface area contributed by atoms with E-state index >= 15 is 0 Å². The molecule has 3 heteroatoms. The summed E-state index contributed by atoms with van der Waals surface area (Å²) in [5.74, 6) is 2.63. The number of hydrogen-bond donors (Lipinski definition) is 1. The first kappa shape index (κ1) is 8.37. The third kappa shape index (κ3) is 1.87. The van der Waals surface area contributed by atoms with E-state index in [1.54, 1.807) is 0 Å². The first-order valence-corrected chi connectivity index (χ1v) is 5.05. The molecule has 0 unspecified atom stereocenters. The highest BCUT2D eigenvalue weighted by atomic mass is 32.2. The predicted molar refractivity (Wildman–Crippen MR) is 47.4 cm³/mol. The van der Waals surface area contributed by atoms with Crippen LogP contribution in [0.1, 0.15) is 6.92 Å². The summed E-state index contributed by atoms with van der Waals surface area (Å²) in [6, 6.07) is 0.832. The maximum absolute atomic E-state index is 5.47. The summed E-state index contributed by atoms with van der Waals surface area (Å²) in [5, 5.41) is 0. The van der Waals surface area contributed by atoms with Crippen molar-refractivity contribution in [1.82, 2.24) is 4.90 Å². The molecule has 1 fully saturated rings. The van der Waals surface area contributed by atoms with Gasteiger partial charge in [0.05, 0.1) is 0 Å². The van der Waals surface area contributed by atoms with Crippen LogP contribution < -0.4 is 5.73 Å². The molecule has 60 valence electrons. The van der Waals surface area contributed by atoms with Crippen LogP contribution in [0.5, 0.6) is 0 Å². The summed E-state index contributed by atoms with van der Waals surface area (Å²) in [4.78, 5) is 2.47. The van der Waals surface area contributed by atoms with E-state index < -0.39 is 0 Å². The monoisotopic (exact) mass is 160 g/mol. The quantitative estimate of drug-likeness (QED) is 0.645. The van der Waals surface area contributed by atoms with Crippen LogP contribution in [0, 0.1) is 0 Å². The van der Waals surface area contributed by atoms with Crippen LogP contribution in [-0.2, 0) is 0 Å². The lowest BCUT2D eigenvalue weighted by Crippen LogP contribution is -2.46. The fraction of sp³-hybridized carbons (Fsp3) is 1.00. The van der Waals surface area contributed by atoms with Gasteiger partial charge in [0.15, 0.2) is 0 Å². The van der Waals surface area contributed by atoms with E-state index in [0.717, 1.165) is 25.7 Å². The van der Waals surface area contributed by atoms with E-state index in [2.05, 4.69) is 11.8 Å². The van der Waals surface area contributed by atoms with E-state index in [9.17, 15) is 0 Å². The van der Waals surface area contributed by atoms with E-state index in [4.69, 9.17) is 5.73 Å². The Bertz CT molecular complexity index is 93.6. The molecule has 0 saturated carbocycles. The van der Waals surface area contributed by atoms with Gasteiger partial charge < -0.3 is 5.73 Å². The molecule has 2 N–H and O–H groups in total. The SMILES string of the molecule is CCN(CCN)C1CSC1. The summed E-state index contributed by atoms with van der Waals surface area (Å²) in [5.41, 5.74) is 5.47. The third-order valence-electron chi connectivity index (χ3n) is 1.96. The second-order valence-corrected chi connectivity index (χ2v) is 3.68. The minimum absolute atomic E-state index is 0.801. The number of rotatable bonds is 4. The van der Waals surface area contributed by atoms with Crippen LogP contribution in [0.25, 0.3) is 0 Å². The predicted octanol–water partition coefficient (Wildman–Crippen LogP) is 0.382. The van der Waals surface area contributed by atoms with Crippen molar-refractivity contribution in [1.29, 1.82) is 0 Å². The minimum Gasteiger partial charge on any atom is -0.329 e. The van der Waals surface area contributed by atoms with Crippen molar-refractivity contribution in [3.05, 3.63) is 0 Å². The number of nitrogens with two attached hydrogens (primary N) is 1. The Morgan fingerprint density at radius 3 is 2.60 bits per heavy atom. The van der Waals surface area contributed by atoms with Gasteiger partial charge in [0.25, 0.3) is 0 Å². The number of nitrogens with zero attached hydrogens (tertiary/aromatic N) is 1. The van der Waals surface area contributed by atoms with Crippen molar-refractivity contribution in [3.8, 4) is 0 Å². The van der Waals surface area contributed by atoms with Gasteiger partial charge in [0.2, 0.25) is 0 Å². The second-order valence-electron chi connectivity index (χ2n) is 2.61. The van der Waals surface area contributed by atoms with Gasteiger partial charge in [-0.1, -0.05) is 6.92 Å². The fourth-order valence-corrected chi connectivity index (χ4v) is 2.07. The lowest BCUT2D eigenvalue weighted by atomic mass is 10.3. The van der Waals surface area contributed by atoms with Crippen molar-refractivity contribution in [2.75, 3.05) is 31.1 Å². The Labute approximate surface area is 67.1 Å². The Morgan fingerprint density at radius 2 is 2.30 bits per heavy atom. The molecule has 0 radical (unpaired) electrons. The van der Waals surface area contributed by atoms with Crippen LogP contribution in [0.3, 0.4) is 0 Å². The molecule has 0 bridgehead atoms. The van der Waals surface area contributed by atoms with Crippen molar-refractivity contribution >= 4 is 11.8 Å². The number of hydrogen-bond acceptors (Lipinski definition) is 3. The molecule has 0 aromatic carbocycles. The van der Waals surface area contributed by atoms with Gasteiger partial charge in [-0.2, -0.15) is 11.8 Å². The number of likely N-dealkylation sites (N-methyl/N-ethyl adjacent to an activating group) is 1. The zero-order valence-electron chi connectivity index (χ0n) is 6.55. The van der Waals surface area contributed by atoms with Crippen LogP contribution >= 0.6 is 11.8 Å². The molecule has 0 amide bonds. The van der Waals surface area contributed by atoms with E-state index in [-0.39, 0.29) is 0 Å². The molecule has 1 aliphatic heterocycles. The molecule has 0 atom stereocenters. The van der Waals surface area contributed by atoms with Gasteiger partial charge in [0.1, 0.15) is 0 Å². The highest BCUT2D eigenvalue weighted by Crippen LogP contribution is 2.22. The zero-order chi connectivity index (χ0) is 7.40. The topological polar surface area (TPSA) is 29.3 Å². The fourth-order valence-electron chi connectivity index (χ4n) is 1.20. The Balaban J connectivity index is 2.17. The molecule has 0 aromatic rings. The lowest BCUT2D eigenvalue weighted by Gasteiger charge is -2.35. The highest BCUT2D eigenvalue weighted by molar-refractivity contribution is 8.00. The molecule has 1 aliphatic rings. The van der Waals surface area contributed by atoms with Crippen LogP contribution in [0.2, 0.25) is 0 Å². The summed E-state index contributed by atoms with van der Waals surface area (Å²) >= 11 is 2.03. The van der Waals surface area contributed by atoms with Gasteiger partial charge in [-0.05, 0) is 6.54 Å². The van der Waals surface area contributed by atoms with Gasteiger partial charge in [-0.3, -0.25) is 4.90 Å². The maximum Gasteiger partial charge on any atom is 0.0277 e. The molecule has 0 spiro atoms. The minimum atomic E-state index is 0.801. The Kier molecular flexibility index (Phi) is 3.52. The molecule has 2 nitrogen and oxygen atoms in total. The van der Waals surface area contributed by atoms with Crippen LogP contribution in [0.15, 0.2) is 0 Å². The third-order valence-corrected chi connectivity index (χ3v) is 3.20. The number of thioether (sulfide) groups is 1. The van der Waals surface area contributed by atoms with Gasteiger partial charge in [0, 0.05) is 30.6 Å². The maximum atomic E-state index is 5.47. The molecule has 1 saturated heterocycles. The molecule has 0 aliphatic carbocycles. The normalized spacial score (nSPS) is 19.5. The van der Waals surface area contributed by atoms with E-state index in [1.807, 2.05) is 11.8 Å². The largest absolute Gasteiger partial charge is 0.329 e. The zero-order valence-corrected chi connectivity index (χ0v) is 7.36. The standard InChI is InChI=1S/C7H16N2S/c1-2-9(4-3-8)7-5-10-6-7/h7H,2-6,8H2,1H3. The summed E-state index contributed by atoms with van der Waals surface area (Å²) in [7, 11) is 0. The van der Waals surface area contributed by atoms with Crippen molar-refractivity contribution < 1.29 is 0 Å². The summed E-state index contributed by atoms with van der Waals surface area (Å²) < 4.78 is 0. The van der Waals surface area contributed by atoms with Crippen LogP contribution in [-0.4, -0.2) is 42.1 Å². The summed E-state index contributed by atoms with van der Waals surface area (Å²) in [6.07, 6.45) is 0. The molecular weight excluding hydrogens is 144 g/mol. The van der Waals surface area contributed by atoms with Crippen molar-refractivity contribution in [3.63, 3.8) is 0 Å². The molecular formula is C7H16N2S. The molecule has 10 heavy (non-hydrogen) atoms. The smallest absolute Gasteiger partial charge is 0.0277 e. The van der Waals surface area contributed by atoms with Crippen molar-refractivity contribution in [2.45, 2.75) is 13.0 Å². The van der Waals surface area contributed by atoms with Gasteiger partial charge in [-0.15, -0.1) is 0 Å². The van der Waals surface area contributed by atoms with Crippen LogP contribution in [0.4, 0.5) is 0 Å². The van der Waals surface area contributed by atoms with Gasteiger partial charge in [-0.25, -0.2) is 0 Å². The average molecular weight is 160 g/mol.